The fourth-order valence-corrected chi connectivity index (χ4v) is 3.44. The number of anilines is 1. The van der Waals surface area contributed by atoms with Crippen molar-refractivity contribution in [3.63, 3.8) is 0 Å². The molecule has 1 heterocycles. The van der Waals surface area contributed by atoms with Crippen molar-refractivity contribution in [2.75, 3.05) is 45.3 Å². The van der Waals surface area contributed by atoms with Gasteiger partial charge in [0.2, 0.25) is 0 Å². The summed E-state index contributed by atoms with van der Waals surface area (Å²) in [6, 6.07) is 4.22. The largest absolute Gasteiger partial charge is 0.385 e. The van der Waals surface area contributed by atoms with Crippen LogP contribution in [0, 0.1) is 5.41 Å². The molecule has 6 heteroatoms. The lowest BCUT2D eigenvalue weighted by Gasteiger charge is -2.42. The highest BCUT2D eigenvalue weighted by atomic mass is 16.5. The van der Waals surface area contributed by atoms with Crippen molar-refractivity contribution in [1.82, 2.24) is 15.6 Å². The molecular formula is C20H35N5O. The lowest BCUT2D eigenvalue weighted by molar-refractivity contribution is 0.0732. The smallest absolute Gasteiger partial charge is 0.191 e. The first-order valence-corrected chi connectivity index (χ1v) is 9.79. The van der Waals surface area contributed by atoms with E-state index >= 15 is 0 Å². The van der Waals surface area contributed by atoms with Crippen LogP contribution in [0.15, 0.2) is 23.3 Å². The number of methoxy groups -OCH3 is 1. The Balaban J connectivity index is 1.81. The Morgan fingerprint density at radius 2 is 2.04 bits per heavy atom. The van der Waals surface area contributed by atoms with Gasteiger partial charge in [-0.15, -0.1) is 0 Å². The molecule has 0 aromatic carbocycles. The third-order valence-corrected chi connectivity index (χ3v) is 5.46. The van der Waals surface area contributed by atoms with E-state index in [1.165, 1.54) is 19.3 Å². The Morgan fingerprint density at radius 1 is 1.27 bits per heavy atom. The molecule has 0 unspecified atom stereocenters. The van der Waals surface area contributed by atoms with Gasteiger partial charge in [0.25, 0.3) is 0 Å². The number of aromatic nitrogens is 1. The summed E-state index contributed by atoms with van der Waals surface area (Å²) >= 11 is 0. The van der Waals surface area contributed by atoms with Gasteiger partial charge in [-0.1, -0.05) is 12.5 Å². The van der Waals surface area contributed by atoms with E-state index in [-0.39, 0.29) is 0 Å². The predicted molar refractivity (Wildman–Crippen MR) is 109 cm³/mol. The summed E-state index contributed by atoms with van der Waals surface area (Å²) < 4.78 is 5.27. The number of hydrogen-bond donors (Lipinski definition) is 2. The fourth-order valence-electron chi connectivity index (χ4n) is 3.44. The van der Waals surface area contributed by atoms with Crippen LogP contribution < -0.4 is 15.5 Å². The molecule has 0 spiro atoms. The Bertz CT molecular complexity index is 550. The van der Waals surface area contributed by atoms with Gasteiger partial charge in [0.1, 0.15) is 5.82 Å². The van der Waals surface area contributed by atoms with E-state index in [9.17, 15) is 0 Å². The number of hydrogen-bond acceptors (Lipinski definition) is 4. The monoisotopic (exact) mass is 361 g/mol. The minimum absolute atomic E-state index is 0.376. The molecule has 2 N–H and O–H groups in total. The van der Waals surface area contributed by atoms with Crippen molar-refractivity contribution < 1.29 is 4.74 Å². The minimum Gasteiger partial charge on any atom is -0.385 e. The molecule has 6 nitrogen and oxygen atoms in total. The Hall–Kier alpha value is -1.82. The second kappa shape index (κ2) is 10.4. The van der Waals surface area contributed by atoms with Crippen LogP contribution in [0.25, 0.3) is 0 Å². The molecule has 0 saturated heterocycles. The topological polar surface area (TPSA) is 61.8 Å². The second-order valence-electron chi connectivity index (χ2n) is 7.07. The van der Waals surface area contributed by atoms with Crippen molar-refractivity contribution in [2.24, 2.45) is 10.4 Å². The van der Waals surface area contributed by atoms with Gasteiger partial charge >= 0.3 is 0 Å². The summed E-state index contributed by atoms with van der Waals surface area (Å²) in [6.07, 6.45) is 6.93. The van der Waals surface area contributed by atoms with Crippen molar-refractivity contribution in [2.45, 2.75) is 46.1 Å². The standard InChI is InChI=1S/C20H35N5O/c1-5-25(6-2)18-9-8-17(14-22-18)15-23-19(21-3)24-16-20(10-7-11-20)12-13-26-4/h8-9,14H,5-7,10-13,15-16H2,1-4H3,(H2,21,23,24). The summed E-state index contributed by atoms with van der Waals surface area (Å²) in [5.41, 5.74) is 1.53. The molecule has 1 fully saturated rings. The number of pyridine rings is 1. The number of nitrogens with zero attached hydrogens (tertiary/aromatic N) is 3. The normalized spacial score (nSPS) is 16.1. The fraction of sp³-hybridized carbons (Fsp3) is 0.700. The van der Waals surface area contributed by atoms with E-state index in [0.29, 0.717) is 5.41 Å². The molecule has 2 rings (SSSR count). The first kappa shape index (κ1) is 20.5. The van der Waals surface area contributed by atoms with Gasteiger partial charge in [-0.25, -0.2) is 4.98 Å². The Morgan fingerprint density at radius 3 is 2.54 bits per heavy atom. The van der Waals surface area contributed by atoms with E-state index in [1.807, 2.05) is 13.2 Å². The molecular weight excluding hydrogens is 326 g/mol. The lowest BCUT2D eigenvalue weighted by Crippen LogP contribution is -2.46. The molecule has 1 aromatic rings. The van der Waals surface area contributed by atoms with Crippen LogP contribution in [-0.4, -0.2) is 51.3 Å². The third-order valence-electron chi connectivity index (χ3n) is 5.46. The zero-order valence-corrected chi connectivity index (χ0v) is 16.8. The molecule has 1 aliphatic carbocycles. The van der Waals surface area contributed by atoms with E-state index in [4.69, 9.17) is 4.74 Å². The molecule has 0 atom stereocenters. The summed E-state index contributed by atoms with van der Waals surface area (Å²) in [4.78, 5) is 11.2. The number of rotatable bonds is 10. The zero-order valence-electron chi connectivity index (χ0n) is 16.8. The van der Waals surface area contributed by atoms with Gasteiger partial charge in [-0.3, -0.25) is 4.99 Å². The van der Waals surface area contributed by atoms with Gasteiger partial charge in [-0.2, -0.15) is 0 Å². The van der Waals surface area contributed by atoms with E-state index in [1.54, 1.807) is 7.11 Å². The quantitative estimate of drug-likeness (QED) is 0.496. The Labute approximate surface area is 158 Å². The molecule has 1 aromatic heterocycles. The molecule has 0 amide bonds. The predicted octanol–water partition coefficient (Wildman–Crippen LogP) is 2.80. The molecule has 0 radical (unpaired) electrons. The van der Waals surface area contributed by atoms with E-state index < -0.39 is 0 Å². The van der Waals surface area contributed by atoms with Crippen LogP contribution in [0.5, 0.6) is 0 Å². The number of nitrogens with one attached hydrogen (secondary N) is 2. The average molecular weight is 362 g/mol. The first-order valence-electron chi connectivity index (χ1n) is 9.79. The zero-order chi connectivity index (χ0) is 18.8. The highest BCUT2D eigenvalue weighted by molar-refractivity contribution is 5.79. The maximum absolute atomic E-state index is 5.27. The third kappa shape index (κ3) is 5.59. The molecule has 0 aliphatic heterocycles. The minimum atomic E-state index is 0.376. The second-order valence-corrected chi connectivity index (χ2v) is 7.07. The summed E-state index contributed by atoms with van der Waals surface area (Å²) in [6.45, 7) is 8.75. The molecule has 1 saturated carbocycles. The van der Waals surface area contributed by atoms with Gasteiger partial charge in [0.15, 0.2) is 5.96 Å². The van der Waals surface area contributed by atoms with Crippen LogP contribution >= 0.6 is 0 Å². The van der Waals surface area contributed by atoms with Crippen molar-refractivity contribution in [3.8, 4) is 0 Å². The lowest BCUT2D eigenvalue weighted by atomic mass is 9.67. The van der Waals surface area contributed by atoms with E-state index in [0.717, 1.165) is 56.5 Å². The van der Waals surface area contributed by atoms with Gasteiger partial charge in [-0.05, 0) is 50.2 Å². The maximum Gasteiger partial charge on any atom is 0.191 e. The van der Waals surface area contributed by atoms with Crippen LogP contribution in [0.1, 0.15) is 45.1 Å². The van der Waals surface area contributed by atoms with Crippen molar-refractivity contribution in [1.29, 1.82) is 0 Å². The number of ether oxygens (including phenoxy) is 1. The number of guanidine groups is 1. The highest BCUT2D eigenvalue weighted by Gasteiger charge is 2.36. The van der Waals surface area contributed by atoms with E-state index in [2.05, 4.69) is 51.5 Å². The first-order chi connectivity index (χ1) is 12.7. The van der Waals surface area contributed by atoms with Gasteiger partial charge in [0, 0.05) is 53.1 Å². The molecule has 146 valence electrons. The molecule has 1 aliphatic rings. The van der Waals surface area contributed by atoms with Crippen molar-refractivity contribution >= 4 is 11.8 Å². The number of aliphatic imine (C=N–C) groups is 1. The Kier molecular flexibility index (Phi) is 8.16. The van der Waals surface area contributed by atoms with Crippen LogP contribution in [-0.2, 0) is 11.3 Å². The average Bonchev–Trinajstić information content (AvgIpc) is 2.65. The highest BCUT2D eigenvalue weighted by Crippen LogP contribution is 2.43. The molecule has 26 heavy (non-hydrogen) atoms. The molecule has 0 bridgehead atoms. The summed E-state index contributed by atoms with van der Waals surface area (Å²) in [7, 11) is 3.60. The summed E-state index contributed by atoms with van der Waals surface area (Å²) in [5.74, 6) is 1.88. The van der Waals surface area contributed by atoms with Crippen LogP contribution in [0.2, 0.25) is 0 Å². The maximum atomic E-state index is 5.27. The van der Waals surface area contributed by atoms with Crippen LogP contribution in [0.3, 0.4) is 0 Å². The SMILES string of the molecule is CCN(CC)c1ccc(CNC(=NC)NCC2(CCOC)CCC2)cn1. The van der Waals surface area contributed by atoms with Gasteiger partial charge in [0.05, 0.1) is 0 Å². The van der Waals surface area contributed by atoms with Crippen LogP contribution in [0.4, 0.5) is 5.82 Å². The van der Waals surface area contributed by atoms with Gasteiger partial charge < -0.3 is 20.3 Å². The van der Waals surface area contributed by atoms with Crippen molar-refractivity contribution in [3.05, 3.63) is 23.9 Å². The summed E-state index contributed by atoms with van der Waals surface area (Å²) in [5, 5.41) is 6.89.